The van der Waals surface area contributed by atoms with Crippen LogP contribution in [0.2, 0.25) is 5.02 Å². The van der Waals surface area contributed by atoms with Gasteiger partial charge >= 0.3 is 0 Å². The zero-order valence-corrected chi connectivity index (χ0v) is 18.6. The summed E-state index contributed by atoms with van der Waals surface area (Å²) in [4.78, 5) is 28.9. The molecule has 0 aliphatic carbocycles. The highest BCUT2D eigenvalue weighted by Crippen LogP contribution is 2.22. The summed E-state index contributed by atoms with van der Waals surface area (Å²) < 4.78 is 6.78. The van der Waals surface area contributed by atoms with Gasteiger partial charge in [-0.05, 0) is 54.1 Å². The van der Waals surface area contributed by atoms with Crippen LogP contribution in [0.5, 0.6) is 5.75 Å². The van der Waals surface area contributed by atoms with Crippen molar-refractivity contribution < 1.29 is 14.3 Å². The zero-order chi connectivity index (χ0) is 22.3. The number of hydrogen-bond acceptors (Lipinski definition) is 5. The standard InChI is InChI=1S/C24H20ClN3O3S/c25-18-9-11-19(12-10-18)31-15-16-5-7-17(8-6-16)24(30)28-27-22(29)13-14-23-26-20-3-1-2-4-21(20)32-23/h1-12H,13-15H2,(H,27,29)(H,28,30). The molecular weight excluding hydrogens is 446 g/mol. The van der Waals surface area contributed by atoms with E-state index in [1.54, 1.807) is 59.9 Å². The van der Waals surface area contributed by atoms with E-state index < -0.39 is 0 Å². The number of ether oxygens (including phenoxy) is 1. The molecule has 0 aliphatic rings. The van der Waals surface area contributed by atoms with Crippen molar-refractivity contribution in [3.8, 4) is 5.75 Å². The molecule has 6 nitrogen and oxygen atoms in total. The Balaban J connectivity index is 1.21. The number of fused-ring (bicyclic) bond motifs is 1. The second-order valence-electron chi connectivity index (χ2n) is 7.02. The molecule has 4 aromatic rings. The smallest absolute Gasteiger partial charge is 0.269 e. The van der Waals surface area contributed by atoms with E-state index in [2.05, 4.69) is 15.8 Å². The summed E-state index contributed by atoms with van der Waals surface area (Å²) in [6, 6.07) is 21.9. The van der Waals surface area contributed by atoms with Crippen molar-refractivity contribution >= 4 is 45.0 Å². The Labute approximate surface area is 194 Å². The van der Waals surface area contributed by atoms with E-state index >= 15 is 0 Å². The molecule has 0 bridgehead atoms. The maximum absolute atomic E-state index is 12.3. The van der Waals surface area contributed by atoms with Crippen LogP contribution < -0.4 is 15.6 Å². The third-order valence-corrected chi connectivity index (χ3v) is 6.00. The number of carbonyl (C=O) groups is 2. The van der Waals surface area contributed by atoms with Crippen LogP contribution in [0.15, 0.2) is 72.8 Å². The number of hydrazine groups is 1. The minimum absolute atomic E-state index is 0.237. The average Bonchev–Trinajstić information content (AvgIpc) is 3.24. The van der Waals surface area contributed by atoms with Crippen molar-refractivity contribution in [1.29, 1.82) is 0 Å². The molecule has 3 aromatic carbocycles. The number of aryl methyl sites for hydroxylation is 1. The maximum Gasteiger partial charge on any atom is 0.269 e. The first-order chi connectivity index (χ1) is 15.6. The lowest BCUT2D eigenvalue weighted by molar-refractivity contribution is -0.121. The molecule has 2 N–H and O–H groups in total. The van der Waals surface area contributed by atoms with Crippen molar-refractivity contribution in [2.24, 2.45) is 0 Å². The Kier molecular flexibility index (Phi) is 6.99. The molecule has 0 saturated heterocycles. The van der Waals surface area contributed by atoms with Crippen molar-refractivity contribution in [2.75, 3.05) is 0 Å². The van der Waals surface area contributed by atoms with Crippen molar-refractivity contribution in [1.82, 2.24) is 15.8 Å². The molecule has 0 fully saturated rings. The Morgan fingerprint density at radius 1 is 0.938 bits per heavy atom. The third kappa shape index (κ3) is 5.84. The highest BCUT2D eigenvalue weighted by atomic mass is 35.5. The molecule has 162 valence electrons. The number of aromatic nitrogens is 1. The van der Waals surface area contributed by atoms with Gasteiger partial charge in [-0.15, -0.1) is 11.3 Å². The summed E-state index contributed by atoms with van der Waals surface area (Å²) in [6.07, 6.45) is 0.754. The molecule has 0 radical (unpaired) electrons. The van der Waals surface area contributed by atoms with Gasteiger partial charge in [-0.2, -0.15) is 0 Å². The number of halogens is 1. The first-order valence-electron chi connectivity index (χ1n) is 9.98. The van der Waals surface area contributed by atoms with Gasteiger partial charge in [0.15, 0.2) is 0 Å². The van der Waals surface area contributed by atoms with E-state index in [1.165, 1.54) is 0 Å². The van der Waals surface area contributed by atoms with Crippen LogP contribution in [0.25, 0.3) is 10.2 Å². The van der Waals surface area contributed by atoms with Crippen LogP contribution >= 0.6 is 22.9 Å². The fourth-order valence-corrected chi connectivity index (χ4v) is 4.05. The summed E-state index contributed by atoms with van der Waals surface area (Å²) in [5.41, 5.74) is 7.18. The molecule has 8 heteroatoms. The predicted octanol–water partition coefficient (Wildman–Crippen LogP) is 4.92. The van der Waals surface area contributed by atoms with Gasteiger partial charge in [-0.3, -0.25) is 20.4 Å². The van der Waals surface area contributed by atoms with Crippen LogP contribution in [0.1, 0.15) is 27.3 Å². The minimum Gasteiger partial charge on any atom is -0.489 e. The van der Waals surface area contributed by atoms with E-state index in [0.717, 1.165) is 20.8 Å². The van der Waals surface area contributed by atoms with Gasteiger partial charge < -0.3 is 4.74 Å². The van der Waals surface area contributed by atoms with Gasteiger partial charge in [-0.25, -0.2) is 4.98 Å². The molecular formula is C24H20ClN3O3S. The van der Waals surface area contributed by atoms with E-state index in [4.69, 9.17) is 16.3 Å². The lowest BCUT2D eigenvalue weighted by Crippen LogP contribution is -2.41. The Bertz CT molecular complexity index is 1190. The van der Waals surface area contributed by atoms with Gasteiger partial charge in [0.1, 0.15) is 12.4 Å². The second kappa shape index (κ2) is 10.3. The van der Waals surface area contributed by atoms with Gasteiger partial charge in [-0.1, -0.05) is 35.9 Å². The van der Waals surface area contributed by atoms with Gasteiger partial charge in [0.2, 0.25) is 5.91 Å². The first-order valence-corrected chi connectivity index (χ1v) is 11.2. The number of nitrogens with one attached hydrogen (secondary N) is 2. The van der Waals surface area contributed by atoms with Crippen molar-refractivity contribution in [2.45, 2.75) is 19.4 Å². The Hall–Kier alpha value is -3.42. The zero-order valence-electron chi connectivity index (χ0n) is 17.0. The summed E-state index contributed by atoms with van der Waals surface area (Å²) >= 11 is 7.43. The fourth-order valence-electron chi connectivity index (χ4n) is 2.96. The van der Waals surface area contributed by atoms with E-state index in [9.17, 15) is 9.59 Å². The highest BCUT2D eigenvalue weighted by Gasteiger charge is 2.10. The number of nitrogens with zero attached hydrogens (tertiary/aromatic N) is 1. The van der Waals surface area contributed by atoms with E-state index in [0.29, 0.717) is 29.4 Å². The van der Waals surface area contributed by atoms with Crippen molar-refractivity contribution in [3.63, 3.8) is 0 Å². The highest BCUT2D eigenvalue weighted by molar-refractivity contribution is 7.18. The molecule has 1 aromatic heterocycles. The molecule has 0 saturated carbocycles. The van der Waals surface area contributed by atoms with Gasteiger partial charge in [0.25, 0.3) is 5.91 Å². The molecule has 2 amide bonds. The summed E-state index contributed by atoms with van der Waals surface area (Å²) in [7, 11) is 0. The monoisotopic (exact) mass is 465 g/mol. The minimum atomic E-state index is -0.386. The molecule has 0 atom stereocenters. The van der Waals surface area contributed by atoms with Crippen LogP contribution in [0.3, 0.4) is 0 Å². The number of carbonyl (C=O) groups excluding carboxylic acids is 2. The van der Waals surface area contributed by atoms with Crippen LogP contribution in [0, 0.1) is 0 Å². The SMILES string of the molecule is O=C(CCc1nc2ccccc2s1)NNC(=O)c1ccc(COc2ccc(Cl)cc2)cc1. The van der Waals surface area contributed by atoms with Gasteiger partial charge in [0, 0.05) is 23.4 Å². The number of hydrogen-bond donors (Lipinski definition) is 2. The average molecular weight is 466 g/mol. The largest absolute Gasteiger partial charge is 0.489 e. The molecule has 1 heterocycles. The fraction of sp³-hybridized carbons (Fsp3) is 0.125. The normalized spacial score (nSPS) is 10.7. The molecule has 4 rings (SSSR count). The van der Waals surface area contributed by atoms with Crippen molar-refractivity contribution in [3.05, 3.63) is 94.0 Å². The third-order valence-electron chi connectivity index (χ3n) is 4.65. The quantitative estimate of drug-likeness (QED) is 0.379. The summed E-state index contributed by atoms with van der Waals surface area (Å²) in [5.74, 6) is 0.0545. The van der Waals surface area contributed by atoms with E-state index in [1.807, 2.05) is 24.3 Å². The van der Waals surface area contributed by atoms with Crippen LogP contribution in [-0.2, 0) is 17.8 Å². The lowest BCUT2D eigenvalue weighted by atomic mass is 10.1. The number of rotatable bonds is 7. The van der Waals surface area contributed by atoms with Crippen LogP contribution in [0.4, 0.5) is 0 Å². The topological polar surface area (TPSA) is 80.3 Å². The van der Waals surface area contributed by atoms with E-state index in [-0.39, 0.29) is 18.2 Å². The molecule has 32 heavy (non-hydrogen) atoms. The number of amides is 2. The number of thiazole rings is 1. The number of benzene rings is 3. The molecule has 0 unspecified atom stereocenters. The molecule has 0 spiro atoms. The Morgan fingerprint density at radius 2 is 1.69 bits per heavy atom. The van der Waals surface area contributed by atoms with Crippen LogP contribution in [-0.4, -0.2) is 16.8 Å². The predicted molar refractivity (Wildman–Crippen MR) is 126 cm³/mol. The maximum atomic E-state index is 12.3. The van der Waals surface area contributed by atoms with Gasteiger partial charge in [0.05, 0.1) is 15.2 Å². The Morgan fingerprint density at radius 3 is 2.44 bits per heavy atom. The molecule has 0 aliphatic heterocycles. The lowest BCUT2D eigenvalue weighted by Gasteiger charge is -2.09. The number of para-hydroxylation sites is 1. The first kappa shape index (κ1) is 21.8. The summed E-state index contributed by atoms with van der Waals surface area (Å²) in [6.45, 7) is 0.367. The summed E-state index contributed by atoms with van der Waals surface area (Å²) in [5, 5.41) is 1.54. The second-order valence-corrected chi connectivity index (χ2v) is 8.57.